The Morgan fingerprint density at radius 1 is 1.39 bits per heavy atom. The third-order valence-electron chi connectivity index (χ3n) is 2.74. The molecule has 0 fully saturated rings. The van der Waals surface area contributed by atoms with Gasteiger partial charge in [-0.1, -0.05) is 6.92 Å². The van der Waals surface area contributed by atoms with E-state index in [2.05, 4.69) is 0 Å². The molecule has 0 saturated heterocycles. The number of hydrogen-bond acceptors (Lipinski definition) is 4. The van der Waals surface area contributed by atoms with Crippen molar-refractivity contribution in [2.24, 2.45) is 5.73 Å². The van der Waals surface area contributed by atoms with Crippen LogP contribution in [-0.4, -0.2) is 20.9 Å². The lowest BCUT2D eigenvalue weighted by Crippen LogP contribution is -2.19. The van der Waals surface area contributed by atoms with E-state index in [-0.39, 0.29) is 11.7 Å². The van der Waals surface area contributed by atoms with Crippen LogP contribution in [0.3, 0.4) is 0 Å². The molecule has 0 spiro atoms. The van der Waals surface area contributed by atoms with Crippen LogP contribution in [0, 0.1) is 10.1 Å². The Bertz CT molecular complexity index is 420. The first kappa shape index (κ1) is 14.8. The van der Waals surface area contributed by atoms with Crippen LogP contribution in [0.2, 0.25) is 0 Å². The van der Waals surface area contributed by atoms with Crippen LogP contribution in [0.15, 0.2) is 29.2 Å². The van der Waals surface area contributed by atoms with Crippen molar-refractivity contribution in [3.8, 4) is 0 Å². The molecule has 18 heavy (non-hydrogen) atoms. The number of non-ortho nitro benzene ring substituents is 1. The number of nitrogens with two attached hydrogens (primary N) is 1. The summed E-state index contributed by atoms with van der Waals surface area (Å²) < 4.78 is 11.9. The lowest BCUT2D eigenvalue weighted by molar-refractivity contribution is -0.384. The van der Waals surface area contributed by atoms with Crippen LogP contribution in [0.25, 0.3) is 0 Å². The minimum atomic E-state index is -1.10. The van der Waals surface area contributed by atoms with Crippen molar-refractivity contribution < 1.29 is 9.13 Å². The normalized spacial score (nSPS) is 14.1. The Morgan fingerprint density at radius 2 is 2.00 bits per heavy atom. The summed E-state index contributed by atoms with van der Waals surface area (Å²) in [6.07, 6.45) is 2.58. The first-order chi connectivity index (χ1) is 8.54. The van der Waals surface area contributed by atoms with Crippen LogP contribution in [0.4, 0.5) is 5.69 Å². The fourth-order valence-electron chi connectivity index (χ4n) is 1.52. The standard InChI is InChI=1S/C12H18N2O3S/c1-2-10(13)4-3-9-18(17)12-7-5-11(6-8-12)14(15)16/h5-8,10H,2-4,9,13H2,1H3. The van der Waals surface area contributed by atoms with E-state index < -0.39 is 15.7 Å². The summed E-state index contributed by atoms with van der Waals surface area (Å²) in [6.45, 7) is 2.03. The van der Waals surface area contributed by atoms with Gasteiger partial charge in [0, 0.05) is 28.8 Å². The summed E-state index contributed by atoms with van der Waals surface area (Å²) in [6, 6.07) is 6.02. The van der Waals surface area contributed by atoms with E-state index in [1.165, 1.54) is 12.1 Å². The van der Waals surface area contributed by atoms with Crippen molar-refractivity contribution in [1.29, 1.82) is 0 Å². The quantitative estimate of drug-likeness (QED) is 0.608. The predicted molar refractivity (Wildman–Crippen MR) is 71.9 cm³/mol. The van der Waals surface area contributed by atoms with E-state index in [4.69, 9.17) is 5.73 Å². The maximum absolute atomic E-state index is 11.9. The summed E-state index contributed by atoms with van der Waals surface area (Å²) in [4.78, 5) is 10.6. The van der Waals surface area contributed by atoms with E-state index in [1.54, 1.807) is 12.1 Å². The molecule has 0 saturated carbocycles. The molecule has 0 aliphatic rings. The first-order valence-electron chi connectivity index (χ1n) is 5.93. The van der Waals surface area contributed by atoms with Gasteiger partial charge in [0.05, 0.1) is 15.7 Å². The van der Waals surface area contributed by atoms with Gasteiger partial charge in [0.1, 0.15) is 0 Å². The Morgan fingerprint density at radius 3 is 2.50 bits per heavy atom. The molecule has 0 bridgehead atoms. The molecule has 0 amide bonds. The lowest BCUT2D eigenvalue weighted by Gasteiger charge is -2.07. The second-order valence-electron chi connectivity index (χ2n) is 4.11. The smallest absolute Gasteiger partial charge is 0.269 e. The van der Waals surface area contributed by atoms with Crippen molar-refractivity contribution in [2.45, 2.75) is 37.1 Å². The summed E-state index contributed by atoms with van der Waals surface area (Å²) in [5.74, 6) is 0.547. The van der Waals surface area contributed by atoms with Crippen molar-refractivity contribution in [1.82, 2.24) is 0 Å². The molecule has 1 aromatic carbocycles. The molecule has 0 aromatic heterocycles. The van der Waals surface area contributed by atoms with Crippen molar-refractivity contribution in [3.63, 3.8) is 0 Å². The summed E-state index contributed by atoms with van der Waals surface area (Å²) >= 11 is 0. The van der Waals surface area contributed by atoms with Gasteiger partial charge in [0.25, 0.3) is 5.69 Å². The Kier molecular flexibility index (Phi) is 5.94. The Balaban J connectivity index is 2.49. The van der Waals surface area contributed by atoms with Crippen LogP contribution < -0.4 is 5.73 Å². The van der Waals surface area contributed by atoms with Crippen molar-refractivity contribution >= 4 is 16.5 Å². The number of nitro groups is 1. The summed E-state index contributed by atoms with van der Waals surface area (Å²) in [5, 5.41) is 10.5. The molecule has 1 rings (SSSR count). The van der Waals surface area contributed by atoms with Gasteiger partial charge in [-0.15, -0.1) is 0 Å². The molecule has 6 heteroatoms. The molecule has 2 atom stereocenters. The van der Waals surface area contributed by atoms with Gasteiger partial charge in [-0.05, 0) is 31.4 Å². The van der Waals surface area contributed by atoms with Crippen LogP contribution in [0.5, 0.6) is 0 Å². The molecule has 100 valence electrons. The summed E-state index contributed by atoms with van der Waals surface area (Å²) in [5.41, 5.74) is 5.79. The number of nitro benzene ring substituents is 1. The fourth-order valence-corrected chi connectivity index (χ4v) is 2.62. The predicted octanol–water partition coefficient (Wildman–Crippen LogP) is 2.22. The topological polar surface area (TPSA) is 86.2 Å². The molecule has 0 heterocycles. The molecule has 5 nitrogen and oxygen atoms in total. The molecular weight excluding hydrogens is 252 g/mol. The molecule has 1 aromatic rings. The molecule has 0 radical (unpaired) electrons. The van der Waals surface area contributed by atoms with Gasteiger partial charge in [-0.3, -0.25) is 14.3 Å². The van der Waals surface area contributed by atoms with Crippen LogP contribution >= 0.6 is 0 Å². The highest BCUT2D eigenvalue weighted by Crippen LogP contribution is 2.15. The molecule has 2 N–H and O–H groups in total. The molecule has 2 unspecified atom stereocenters. The van der Waals surface area contributed by atoms with E-state index in [0.717, 1.165) is 19.3 Å². The van der Waals surface area contributed by atoms with Crippen molar-refractivity contribution in [2.75, 3.05) is 5.75 Å². The van der Waals surface area contributed by atoms with Crippen molar-refractivity contribution in [3.05, 3.63) is 34.4 Å². The van der Waals surface area contributed by atoms with Crippen LogP contribution in [-0.2, 0) is 10.8 Å². The minimum Gasteiger partial charge on any atom is -0.328 e. The Labute approximate surface area is 109 Å². The highest BCUT2D eigenvalue weighted by Gasteiger charge is 2.08. The van der Waals surface area contributed by atoms with E-state index >= 15 is 0 Å². The molecule has 0 aliphatic heterocycles. The zero-order valence-corrected chi connectivity index (χ0v) is 11.2. The number of nitrogens with zero attached hydrogens (tertiary/aromatic N) is 1. The van der Waals surface area contributed by atoms with E-state index in [0.29, 0.717) is 10.6 Å². The largest absolute Gasteiger partial charge is 0.328 e. The third kappa shape index (κ3) is 4.54. The molecule has 0 aliphatic carbocycles. The minimum absolute atomic E-state index is 0.0174. The van der Waals surface area contributed by atoms with E-state index in [1.807, 2.05) is 6.92 Å². The van der Waals surface area contributed by atoms with E-state index in [9.17, 15) is 14.3 Å². The number of hydrogen-bond donors (Lipinski definition) is 1. The second kappa shape index (κ2) is 7.23. The fraction of sp³-hybridized carbons (Fsp3) is 0.500. The first-order valence-corrected chi connectivity index (χ1v) is 7.25. The highest BCUT2D eigenvalue weighted by molar-refractivity contribution is 7.85. The monoisotopic (exact) mass is 270 g/mol. The lowest BCUT2D eigenvalue weighted by atomic mass is 10.1. The SMILES string of the molecule is CCC(N)CCCS(=O)c1ccc([N+](=O)[O-])cc1. The Hall–Kier alpha value is -1.27. The zero-order valence-electron chi connectivity index (χ0n) is 10.4. The average molecular weight is 270 g/mol. The van der Waals surface area contributed by atoms with Gasteiger partial charge >= 0.3 is 0 Å². The second-order valence-corrected chi connectivity index (χ2v) is 5.68. The molecular formula is C12H18N2O3S. The van der Waals surface area contributed by atoms with Gasteiger partial charge in [0.2, 0.25) is 0 Å². The van der Waals surface area contributed by atoms with Gasteiger partial charge in [0.15, 0.2) is 0 Å². The maximum atomic E-state index is 11.9. The number of benzene rings is 1. The van der Waals surface area contributed by atoms with Gasteiger partial charge < -0.3 is 5.73 Å². The number of rotatable bonds is 7. The maximum Gasteiger partial charge on any atom is 0.269 e. The van der Waals surface area contributed by atoms with Gasteiger partial charge in [-0.2, -0.15) is 0 Å². The van der Waals surface area contributed by atoms with Crippen LogP contribution in [0.1, 0.15) is 26.2 Å². The third-order valence-corrected chi connectivity index (χ3v) is 4.20. The highest BCUT2D eigenvalue weighted by atomic mass is 32.2. The van der Waals surface area contributed by atoms with Gasteiger partial charge in [-0.25, -0.2) is 0 Å². The average Bonchev–Trinajstić information content (AvgIpc) is 2.38. The summed E-state index contributed by atoms with van der Waals surface area (Å²) in [7, 11) is -1.10. The zero-order chi connectivity index (χ0) is 13.5.